The van der Waals surface area contributed by atoms with Crippen molar-refractivity contribution in [3.63, 3.8) is 0 Å². The molecule has 0 atom stereocenters. The highest BCUT2D eigenvalue weighted by Crippen LogP contribution is 2.11. The zero-order chi connectivity index (χ0) is 20.7. The van der Waals surface area contributed by atoms with Crippen molar-refractivity contribution in [2.75, 3.05) is 59.1 Å². The number of aliphatic imine (C=N–C) groups is 1. The fraction of sp³-hybridized carbons (Fsp3) is 0.905. The van der Waals surface area contributed by atoms with Crippen LogP contribution in [-0.2, 0) is 14.3 Å². The number of amides is 1. The largest absolute Gasteiger partial charge is 0.381 e. The van der Waals surface area contributed by atoms with Gasteiger partial charge in [0.15, 0.2) is 5.96 Å². The minimum absolute atomic E-state index is 0. The SMILES string of the molecule is CCCNC(=O)CN1CCC(NC(=NCCCOC2CCOCC2)NCC)CC1.I. The Morgan fingerprint density at radius 1 is 1.13 bits per heavy atom. The summed E-state index contributed by atoms with van der Waals surface area (Å²) in [4.78, 5) is 18.8. The smallest absolute Gasteiger partial charge is 0.234 e. The van der Waals surface area contributed by atoms with Crippen LogP contribution >= 0.6 is 24.0 Å². The van der Waals surface area contributed by atoms with Crippen LogP contribution in [0.1, 0.15) is 52.4 Å². The number of nitrogens with one attached hydrogen (secondary N) is 3. The second kappa shape index (κ2) is 17.0. The summed E-state index contributed by atoms with van der Waals surface area (Å²) in [6, 6.07) is 0.404. The average molecular weight is 540 g/mol. The third kappa shape index (κ3) is 11.7. The molecule has 2 saturated heterocycles. The van der Waals surface area contributed by atoms with Crippen molar-refractivity contribution in [1.82, 2.24) is 20.9 Å². The van der Waals surface area contributed by atoms with Gasteiger partial charge < -0.3 is 25.4 Å². The van der Waals surface area contributed by atoms with Gasteiger partial charge in [-0.25, -0.2) is 0 Å². The molecular formula is C21H42IN5O3. The number of piperidine rings is 1. The minimum atomic E-state index is 0. The van der Waals surface area contributed by atoms with Crippen molar-refractivity contribution in [3.8, 4) is 0 Å². The summed E-state index contributed by atoms with van der Waals surface area (Å²) < 4.78 is 11.3. The third-order valence-corrected chi connectivity index (χ3v) is 5.31. The van der Waals surface area contributed by atoms with Crippen molar-refractivity contribution in [2.45, 2.75) is 64.5 Å². The highest BCUT2D eigenvalue weighted by molar-refractivity contribution is 14.0. The lowest BCUT2D eigenvalue weighted by Gasteiger charge is -2.32. The van der Waals surface area contributed by atoms with Gasteiger partial charge in [0.2, 0.25) is 5.91 Å². The Hall–Kier alpha value is -0.650. The van der Waals surface area contributed by atoms with E-state index < -0.39 is 0 Å². The number of hydrogen-bond acceptors (Lipinski definition) is 5. The zero-order valence-corrected chi connectivity index (χ0v) is 21.1. The molecule has 1 amide bonds. The van der Waals surface area contributed by atoms with Gasteiger partial charge in [-0.1, -0.05) is 6.92 Å². The standard InChI is InChI=1S/C21H41N5O3.HI/c1-3-10-23-20(27)17-26-12-6-18(7-13-26)25-21(22-4-2)24-11-5-14-29-19-8-15-28-16-9-19;/h18-19H,3-17H2,1-2H3,(H,23,27)(H2,22,24,25);1H. The summed E-state index contributed by atoms with van der Waals surface area (Å²) in [5, 5.41) is 9.85. The van der Waals surface area contributed by atoms with Crippen molar-refractivity contribution >= 4 is 35.8 Å². The van der Waals surface area contributed by atoms with Gasteiger partial charge in [-0.2, -0.15) is 0 Å². The van der Waals surface area contributed by atoms with Gasteiger partial charge >= 0.3 is 0 Å². The molecule has 8 nitrogen and oxygen atoms in total. The summed E-state index contributed by atoms with van der Waals surface area (Å²) in [7, 11) is 0. The van der Waals surface area contributed by atoms with Crippen LogP contribution in [0, 0.1) is 0 Å². The van der Waals surface area contributed by atoms with Gasteiger partial charge in [-0.3, -0.25) is 14.7 Å². The molecule has 0 spiro atoms. The average Bonchev–Trinajstić information content (AvgIpc) is 2.74. The molecule has 9 heteroatoms. The first-order valence-corrected chi connectivity index (χ1v) is 11.4. The minimum Gasteiger partial charge on any atom is -0.381 e. The maximum Gasteiger partial charge on any atom is 0.234 e. The predicted octanol–water partition coefficient (Wildman–Crippen LogP) is 1.74. The zero-order valence-electron chi connectivity index (χ0n) is 18.8. The molecule has 0 unspecified atom stereocenters. The van der Waals surface area contributed by atoms with E-state index >= 15 is 0 Å². The van der Waals surface area contributed by atoms with Crippen LogP contribution in [-0.4, -0.2) is 88.0 Å². The Balaban J connectivity index is 0.00000450. The van der Waals surface area contributed by atoms with Crippen LogP contribution in [0.3, 0.4) is 0 Å². The molecule has 2 aliphatic rings. The first-order valence-electron chi connectivity index (χ1n) is 11.4. The predicted molar refractivity (Wildman–Crippen MR) is 132 cm³/mol. The Morgan fingerprint density at radius 3 is 2.53 bits per heavy atom. The summed E-state index contributed by atoms with van der Waals surface area (Å²) in [6.07, 6.45) is 6.33. The first-order chi connectivity index (χ1) is 14.2. The molecule has 0 saturated carbocycles. The Morgan fingerprint density at radius 2 is 1.87 bits per heavy atom. The monoisotopic (exact) mass is 539 g/mol. The second-order valence-electron chi connectivity index (χ2n) is 7.84. The van der Waals surface area contributed by atoms with Gasteiger partial charge in [0.05, 0.1) is 12.6 Å². The van der Waals surface area contributed by atoms with Crippen molar-refractivity contribution < 1.29 is 14.3 Å². The van der Waals surface area contributed by atoms with Gasteiger partial charge in [0.25, 0.3) is 0 Å². The van der Waals surface area contributed by atoms with Crippen molar-refractivity contribution in [2.24, 2.45) is 4.99 Å². The number of halogens is 1. The molecule has 30 heavy (non-hydrogen) atoms. The number of nitrogens with zero attached hydrogens (tertiary/aromatic N) is 2. The summed E-state index contributed by atoms with van der Waals surface area (Å²) in [5.41, 5.74) is 0. The van der Waals surface area contributed by atoms with E-state index in [1.165, 1.54) is 0 Å². The highest BCUT2D eigenvalue weighted by atomic mass is 127. The van der Waals surface area contributed by atoms with Crippen LogP contribution < -0.4 is 16.0 Å². The van der Waals surface area contributed by atoms with E-state index in [-0.39, 0.29) is 29.9 Å². The lowest BCUT2D eigenvalue weighted by atomic mass is 10.1. The van der Waals surface area contributed by atoms with E-state index in [2.05, 4.69) is 34.7 Å². The van der Waals surface area contributed by atoms with Crippen molar-refractivity contribution in [1.29, 1.82) is 0 Å². The first kappa shape index (κ1) is 27.4. The maximum absolute atomic E-state index is 11.9. The number of rotatable bonds is 11. The maximum atomic E-state index is 11.9. The fourth-order valence-electron chi connectivity index (χ4n) is 3.62. The number of carbonyl (C=O) groups excluding carboxylic acids is 1. The number of carbonyl (C=O) groups is 1. The van der Waals surface area contributed by atoms with Gasteiger partial charge in [-0.05, 0) is 45.4 Å². The van der Waals surface area contributed by atoms with E-state index in [4.69, 9.17) is 14.5 Å². The van der Waals surface area contributed by atoms with Gasteiger partial charge in [0.1, 0.15) is 0 Å². The van der Waals surface area contributed by atoms with Crippen molar-refractivity contribution in [3.05, 3.63) is 0 Å². The number of guanidine groups is 1. The number of ether oxygens (including phenoxy) is 2. The van der Waals surface area contributed by atoms with E-state index in [1.807, 2.05) is 0 Å². The lowest BCUT2D eigenvalue weighted by molar-refractivity contribution is -0.122. The van der Waals surface area contributed by atoms with Crippen LogP contribution in [0.2, 0.25) is 0 Å². The van der Waals surface area contributed by atoms with E-state index in [0.29, 0.717) is 18.7 Å². The highest BCUT2D eigenvalue weighted by Gasteiger charge is 2.21. The molecule has 2 fully saturated rings. The van der Waals surface area contributed by atoms with Crippen LogP contribution in [0.4, 0.5) is 0 Å². The normalized spacial score (nSPS) is 19.2. The van der Waals surface area contributed by atoms with Crippen LogP contribution in [0.15, 0.2) is 4.99 Å². The molecule has 3 N–H and O–H groups in total. The molecule has 2 heterocycles. The summed E-state index contributed by atoms with van der Waals surface area (Å²) in [6.45, 7) is 11.3. The van der Waals surface area contributed by atoms with Gasteiger partial charge in [0, 0.05) is 58.6 Å². The summed E-state index contributed by atoms with van der Waals surface area (Å²) in [5.74, 6) is 1.02. The third-order valence-electron chi connectivity index (χ3n) is 5.31. The summed E-state index contributed by atoms with van der Waals surface area (Å²) >= 11 is 0. The molecule has 0 aromatic rings. The quantitative estimate of drug-likeness (QED) is 0.161. The van der Waals surface area contributed by atoms with E-state index in [9.17, 15) is 4.79 Å². The topological polar surface area (TPSA) is 87.2 Å². The lowest BCUT2D eigenvalue weighted by Crippen LogP contribution is -2.50. The molecule has 0 aromatic carbocycles. The van der Waals surface area contributed by atoms with E-state index in [0.717, 1.165) is 97.0 Å². The molecule has 0 aliphatic carbocycles. The Bertz CT molecular complexity index is 481. The van der Waals surface area contributed by atoms with Crippen LogP contribution in [0.5, 0.6) is 0 Å². The molecule has 176 valence electrons. The number of likely N-dealkylation sites (tertiary alicyclic amines) is 1. The Labute approximate surface area is 199 Å². The molecule has 0 radical (unpaired) electrons. The van der Waals surface area contributed by atoms with E-state index in [1.54, 1.807) is 0 Å². The van der Waals surface area contributed by atoms with Gasteiger partial charge in [-0.15, -0.1) is 24.0 Å². The molecular weight excluding hydrogens is 497 g/mol. The molecule has 0 aromatic heterocycles. The number of hydrogen-bond donors (Lipinski definition) is 3. The van der Waals surface area contributed by atoms with Crippen LogP contribution in [0.25, 0.3) is 0 Å². The second-order valence-corrected chi connectivity index (χ2v) is 7.84. The fourth-order valence-corrected chi connectivity index (χ4v) is 3.62. The molecule has 0 bridgehead atoms. The Kier molecular flexibility index (Phi) is 15.5. The molecule has 2 rings (SSSR count). The molecule has 2 aliphatic heterocycles.